The summed E-state index contributed by atoms with van der Waals surface area (Å²) in [5.41, 5.74) is 2.74. The van der Waals surface area contributed by atoms with E-state index in [9.17, 15) is 9.18 Å². The summed E-state index contributed by atoms with van der Waals surface area (Å²) in [5, 5.41) is 10.5. The lowest BCUT2D eigenvalue weighted by Crippen LogP contribution is -2.37. The standard InChI is InChI=1S/C21H18FN5O2S/c1-26-17-8-9-27(18(28)11-13-5-4-10-30-13)12-15(17)19(24-26)21-23-20(25-29-21)14-6-2-3-7-16(14)22/h2-7,10H,8-9,11-12H2,1H3. The number of halogens is 1. The number of carbonyl (C=O) groups excluding carboxylic acids is 1. The number of carbonyl (C=O) groups is 1. The summed E-state index contributed by atoms with van der Waals surface area (Å²) in [5.74, 6) is 0.0512. The van der Waals surface area contributed by atoms with E-state index in [1.807, 2.05) is 29.5 Å². The number of thiophene rings is 1. The molecule has 0 atom stereocenters. The zero-order valence-corrected chi connectivity index (χ0v) is 17.0. The second-order valence-corrected chi connectivity index (χ2v) is 8.15. The maximum Gasteiger partial charge on any atom is 0.279 e. The molecular weight excluding hydrogens is 405 g/mol. The summed E-state index contributed by atoms with van der Waals surface area (Å²) >= 11 is 1.58. The Morgan fingerprint density at radius 2 is 2.13 bits per heavy atom. The Bertz CT molecular complexity index is 1210. The lowest BCUT2D eigenvalue weighted by molar-refractivity contribution is -0.131. The Labute approximate surface area is 175 Å². The number of rotatable bonds is 4. The molecule has 0 N–H and O–H groups in total. The largest absolute Gasteiger partial charge is 0.338 e. The first-order chi connectivity index (χ1) is 14.6. The van der Waals surface area contributed by atoms with Crippen molar-refractivity contribution in [2.45, 2.75) is 19.4 Å². The molecule has 0 saturated carbocycles. The summed E-state index contributed by atoms with van der Waals surface area (Å²) in [7, 11) is 1.86. The highest BCUT2D eigenvalue weighted by Crippen LogP contribution is 2.31. The molecule has 30 heavy (non-hydrogen) atoms. The number of aromatic nitrogens is 4. The average Bonchev–Trinajstić information content (AvgIpc) is 3.49. The van der Waals surface area contributed by atoms with Crippen LogP contribution in [0.5, 0.6) is 0 Å². The molecule has 5 rings (SSSR count). The van der Waals surface area contributed by atoms with Gasteiger partial charge in [-0.25, -0.2) is 4.39 Å². The molecule has 7 nitrogen and oxygen atoms in total. The first-order valence-corrected chi connectivity index (χ1v) is 10.4. The zero-order chi connectivity index (χ0) is 20.7. The topological polar surface area (TPSA) is 77.1 Å². The van der Waals surface area contributed by atoms with Gasteiger partial charge in [-0.05, 0) is 23.6 Å². The van der Waals surface area contributed by atoms with Gasteiger partial charge in [0.05, 0.1) is 12.0 Å². The van der Waals surface area contributed by atoms with Crippen LogP contribution in [0.3, 0.4) is 0 Å². The van der Waals surface area contributed by atoms with Crippen LogP contribution in [0, 0.1) is 5.82 Å². The van der Waals surface area contributed by atoms with Gasteiger partial charge < -0.3 is 9.42 Å². The van der Waals surface area contributed by atoms with Crippen LogP contribution in [0.15, 0.2) is 46.3 Å². The van der Waals surface area contributed by atoms with Gasteiger partial charge in [0.15, 0.2) is 5.69 Å². The SMILES string of the molecule is Cn1nc(-c2nc(-c3ccccc3F)no2)c2c1CCN(C(=O)Cc1cccs1)C2. The lowest BCUT2D eigenvalue weighted by atomic mass is 10.0. The molecule has 1 amide bonds. The van der Waals surface area contributed by atoms with E-state index in [0.717, 1.165) is 16.1 Å². The zero-order valence-electron chi connectivity index (χ0n) is 16.2. The molecule has 1 aliphatic rings. The molecular formula is C21H18FN5O2S. The van der Waals surface area contributed by atoms with Gasteiger partial charge in [0.2, 0.25) is 11.7 Å². The minimum absolute atomic E-state index is 0.0791. The van der Waals surface area contributed by atoms with Gasteiger partial charge in [0, 0.05) is 42.7 Å². The van der Waals surface area contributed by atoms with Crippen molar-refractivity contribution in [1.82, 2.24) is 24.8 Å². The predicted molar refractivity (Wildman–Crippen MR) is 109 cm³/mol. The molecule has 0 radical (unpaired) electrons. The molecule has 1 aromatic carbocycles. The fourth-order valence-electron chi connectivity index (χ4n) is 3.72. The van der Waals surface area contributed by atoms with Crippen LogP contribution in [0.25, 0.3) is 23.0 Å². The van der Waals surface area contributed by atoms with Gasteiger partial charge in [-0.1, -0.05) is 23.4 Å². The van der Waals surface area contributed by atoms with E-state index in [0.29, 0.717) is 31.6 Å². The molecule has 9 heteroatoms. The number of nitrogens with zero attached hydrogens (tertiary/aromatic N) is 5. The van der Waals surface area contributed by atoms with Crippen molar-refractivity contribution in [2.24, 2.45) is 7.05 Å². The Kier molecular flexibility index (Phi) is 4.66. The minimum atomic E-state index is -0.418. The highest BCUT2D eigenvalue weighted by atomic mass is 32.1. The van der Waals surface area contributed by atoms with Crippen molar-refractivity contribution in [1.29, 1.82) is 0 Å². The first-order valence-electron chi connectivity index (χ1n) is 9.54. The maximum absolute atomic E-state index is 14.1. The summed E-state index contributed by atoms with van der Waals surface area (Å²) < 4.78 is 21.3. The van der Waals surface area contributed by atoms with Crippen LogP contribution >= 0.6 is 11.3 Å². The normalized spacial score (nSPS) is 13.5. The van der Waals surface area contributed by atoms with Gasteiger partial charge in [0.1, 0.15) is 5.82 Å². The molecule has 0 saturated heterocycles. The second kappa shape index (κ2) is 7.49. The second-order valence-electron chi connectivity index (χ2n) is 7.12. The number of fused-ring (bicyclic) bond motifs is 1. The van der Waals surface area contributed by atoms with E-state index in [2.05, 4.69) is 15.2 Å². The number of hydrogen-bond acceptors (Lipinski definition) is 6. The smallest absolute Gasteiger partial charge is 0.279 e. The molecule has 0 spiro atoms. The van der Waals surface area contributed by atoms with E-state index in [1.54, 1.807) is 34.2 Å². The molecule has 0 unspecified atom stereocenters. The minimum Gasteiger partial charge on any atom is -0.338 e. The summed E-state index contributed by atoms with van der Waals surface area (Å²) in [6, 6.07) is 10.2. The molecule has 1 aliphatic heterocycles. The molecule has 152 valence electrons. The van der Waals surface area contributed by atoms with Gasteiger partial charge in [0.25, 0.3) is 5.89 Å². The third kappa shape index (κ3) is 3.30. The monoisotopic (exact) mass is 423 g/mol. The van der Waals surface area contributed by atoms with Crippen molar-refractivity contribution < 1.29 is 13.7 Å². The van der Waals surface area contributed by atoms with Crippen molar-refractivity contribution in [3.05, 3.63) is 63.7 Å². The number of amides is 1. The Morgan fingerprint density at radius 1 is 1.27 bits per heavy atom. The van der Waals surface area contributed by atoms with Gasteiger partial charge in [-0.2, -0.15) is 10.1 Å². The summed E-state index contributed by atoms with van der Waals surface area (Å²) in [4.78, 5) is 20.0. The van der Waals surface area contributed by atoms with E-state index in [1.165, 1.54) is 6.07 Å². The Balaban J connectivity index is 1.44. The predicted octanol–water partition coefficient (Wildman–Crippen LogP) is 3.47. The van der Waals surface area contributed by atoms with Gasteiger partial charge >= 0.3 is 0 Å². The fourth-order valence-corrected chi connectivity index (χ4v) is 4.42. The average molecular weight is 423 g/mol. The lowest BCUT2D eigenvalue weighted by Gasteiger charge is -2.27. The summed E-state index contributed by atoms with van der Waals surface area (Å²) in [6.45, 7) is 1.07. The van der Waals surface area contributed by atoms with Crippen molar-refractivity contribution in [3.63, 3.8) is 0 Å². The van der Waals surface area contributed by atoms with Crippen LogP contribution in [0.2, 0.25) is 0 Å². The van der Waals surface area contributed by atoms with Crippen molar-refractivity contribution >= 4 is 17.2 Å². The molecule has 0 aliphatic carbocycles. The molecule has 0 bridgehead atoms. The highest BCUT2D eigenvalue weighted by Gasteiger charge is 2.29. The summed E-state index contributed by atoms with van der Waals surface area (Å²) in [6.07, 6.45) is 1.09. The maximum atomic E-state index is 14.1. The number of benzene rings is 1. The fraction of sp³-hybridized carbons (Fsp3) is 0.238. The first kappa shape index (κ1) is 18.7. The third-order valence-corrected chi connectivity index (χ3v) is 6.12. The van der Waals surface area contributed by atoms with Crippen LogP contribution in [0.4, 0.5) is 4.39 Å². The quantitative estimate of drug-likeness (QED) is 0.502. The molecule has 0 fully saturated rings. The van der Waals surface area contributed by atoms with E-state index < -0.39 is 5.82 Å². The van der Waals surface area contributed by atoms with Gasteiger partial charge in [-0.3, -0.25) is 9.48 Å². The number of aryl methyl sites for hydroxylation is 1. The van der Waals surface area contributed by atoms with Crippen LogP contribution in [-0.4, -0.2) is 37.3 Å². The van der Waals surface area contributed by atoms with Crippen LogP contribution < -0.4 is 0 Å². The highest BCUT2D eigenvalue weighted by molar-refractivity contribution is 7.10. The van der Waals surface area contributed by atoms with E-state index in [4.69, 9.17) is 4.52 Å². The van der Waals surface area contributed by atoms with Crippen LogP contribution in [0.1, 0.15) is 16.1 Å². The number of hydrogen-bond donors (Lipinski definition) is 0. The Morgan fingerprint density at radius 3 is 2.93 bits per heavy atom. The van der Waals surface area contributed by atoms with E-state index in [-0.39, 0.29) is 23.2 Å². The molecule has 3 aromatic heterocycles. The Hall–Kier alpha value is -3.33. The van der Waals surface area contributed by atoms with Gasteiger partial charge in [-0.15, -0.1) is 11.3 Å². The molecule has 4 aromatic rings. The van der Waals surface area contributed by atoms with Crippen molar-refractivity contribution in [3.8, 4) is 23.0 Å². The molecule has 4 heterocycles. The van der Waals surface area contributed by atoms with Crippen molar-refractivity contribution in [2.75, 3.05) is 6.54 Å². The third-order valence-electron chi connectivity index (χ3n) is 5.24. The van der Waals surface area contributed by atoms with Crippen LogP contribution in [-0.2, 0) is 31.2 Å². The van der Waals surface area contributed by atoms with E-state index >= 15 is 0 Å².